The zero-order valence-corrected chi connectivity index (χ0v) is 16.7. The summed E-state index contributed by atoms with van der Waals surface area (Å²) >= 11 is 7.06. The van der Waals surface area contributed by atoms with Crippen LogP contribution in [-0.4, -0.2) is 26.7 Å². The summed E-state index contributed by atoms with van der Waals surface area (Å²) in [5.74, 6) is 0. The fraction of sp³-hybridized carbons (Fsp3) is 0.857. The van der Waals surface area contributed by atoms with Crippen LogP contribution in [0.3, 0.4) is 0 Å². The molecule has 1 fully saturated rings. The van der Waals surface area contributed by atoms with E-state index in [1.54, 1.807) is 0 Å². The highest BCUT2D eigenvalue weighted by molar-refractivity contribution is 7.89. The number of hydrogen-bond donors (Lipinski definition) is 0. The highest BCUT2D eigenvalue weighted by atomic mass is 35.7. The Kier molecular flexibility index (Phi) is 5.76. The molecule has 4 heteroatoms. The van der Waals surface area contributed by atoms with Crippen molar-refractivity contribution < 1.29 is 0 Å². The average molecular weight is 321 g/mol. The van der Waals surface area contributed by atoms with Gasteiger partial charge in [0.15, 0.2) is 0 Å². The van der Waals surface area contributed by atoms with E-state index in [-0.39, 0.29) is 7.27 Å². The van der Waals surface area contributed by atoms with Crippen molar-refractivity contribution in [1.29, 1.82) is 0 Å². The molecule has 0 spiro atoms. The molecule has 0 saturated heterocycles. The Hall–Kier alpha value is 0.894. The van der Waals surface area contributed by atoms with Crippen LogP contribution in [0.2, 0.25) is 39.3 Å². The molecule has 0 heterocycles. The van der Waals surface area contributed by atoms with Gasteiger partial charge in [-0.3, -0.25) is 0 Å². The molecule has 0 nitrogen and oxygen atoms in total. The fourth-order valence-corrected chi connectivity index (χ4v) is 28.2. The molecule has 0 aromatic heterocycles. The van der Waals surface area contributed by atoms with Crippen molar-refractivity contribution in [1.82, 2.24) is 0 Å². The van der Waals surface area contributed by atoms with Crippen LogP contribution in [-0.2, 0) is 0 Å². The molecule has 0 aromatic carbocycles. The first-order chi connectivity index (χ1) is 8.05. The number of hydrogen-bond acceptors (Lipinski definition) is 0. The van der Waals surface area contributed by atoms with Gasteiger partial charge >= 0.3 is 0 Å². The predicted octanol–water partition coefficient (Wildman–Crippen LogP) is 6.24. The molecule has 0 aromatic rings. The van der Waals surface area contributed by atoms with Gasteiger partial charge in [0.1, 0.15) is 0 Å². The van der Waals surface area contributed by atoms with Crippen LogP contribution in [0.25, 0.3) is 0 Å². The highest BCUT2D eigenvalue weighted by Crippen LogP contribution is 2.61. The van der Waals surface area contributed by atoms with Crippen molar-refractivity contribution >= 4 is 34.7 Å². The van der Waals surface area contributed by atoms with Crippen LogP contribution in [0.5, 0.6) is 0 Å². The Morgan fingerprint density at radius 1 is 1.11 bits per heavy atom. The lowest BCUT2D eigenvalue weighted by Gasteiger charge is -2.45. The van der Waals surface area contributed by atoms with Gasteiger partial charge in [-0.05, 0) is 31.4 Å². The smallest absolute Gasteiger partial charge is 0.0506 e. The summed E-state index contributed by atoms with van der Waals surface area (Å²) in [6, 6.07) is 0. The lowest BCUT2D eigenvalue weighted by Crippen LogP contribution is -2.53. The Morgan fingerprint density at radius 3 is 2.00 bits per heavy atom. The Labute approximate surface area is 122 Å². The van der Waals surface area contributed by atoms with Crippen molar-refractivity contribution in [2.45, 2.75) is 75.5 Å². The van der Waals surface area contributed by atoms with Gasteiger partial charge in [0.2, 0.25) is 0 Å². The van der Waals surface area contributed by atoms with E-state index in [4.69, 9.17) is 11.2 Å². The normalized spacial score (nSPS) is 24.4. The SMILES string of the molecule is C=C1CCCCC1P(Cl)C([Si](C)(C)C)[Si](C)(C)C. The van der Waals surface area contributed by atoms with Crippen LogP contribution < -0.4 is 0 Å². The molecule has 1 saturated carbocycles. The third kappa shape index (κ3) is 4.20. The summed E-state index contributed by atoms with van der Waals surface area (Å²) in [5.41, 5.74) is 2.11. The van der Waals surface area contributed by atoms with Gasteiger partial charge in [-0.1, -0.05) is 69.1 Å². The van der Waals surface area contributed by atoms with Crippen molar-refractivity contribution in [3.05, 3.63) is 12.2 Å². The molecule has 1 rings (SSSR count). The zero-order valence-electron chi connectivity index (χ0n) is 13.0. The molecule has 0 aliphatic heterocycles. The quantitative estimate of drug-likeness (QED) is 0.326. The van der Waals surface area contributed by atoms with Gasteiger partial charge in [0.05, 0.1) is 16.1 Å². The molecule has 106 valence electrons. The monoisotopic (exact) mass is 320 g/mol. The number of allylic oxidation sites excluding steroid dienone is 1. The number of halogens is 1. The molecule has 0 radical (unpaired) electrons. The van der Waals surface area contributed by atoms with E-state index >= 15 is 0 Å². The molecule has 2 atom stereocenters. The fourth-order valence-electron chi connectivity index (χ4n) is 3.58. The second-order valence-electron chi connectivity index (χ2n) is 7.90. The van der Waals surface area contributed by atoms with Gasteiger partial charge in [-0.2, -0.15) is 0 Å². The summed E-state index contributed by atoms with van der Waals surface area (Å²) < 4.78 is 0. The Bertz CT molecular complexity index is 290. The van der Waals surface area contributed by atoms with Crippen molar-refractivity contribution in [2.24, 2.45) is 0 Å². The summed E-state index contributed by atoms with van der Waals surface area (Å²) in [7, 11) is -2.74. The van der Waals surface area contributed by atoms with Crippen LogP contribution in [0.1, 0.15) is 25.7 Å². The molecular formula is C14H30ClPSi2. The van der Waals surface area contributed by atoms with Gasteiger partial charge in [0.25, 0.3) is 0 Å². The topological polar surface area (TPSA) is 0 Å². The minimum absolute atomic E-state index is 0.381. The van der Waals surface area contributed by atoms with Gasteiger partial charge < -0.3 is 0 Å². The van der Waals surface area contributed by atoms with Crippen LogP contribution in [0.4, 0.5) is 0 Å². The molecule has 1 aliphatic rings. The van der Waals surface area contributed by atoms with Crippen molar-refractivity contribution in [3.8, 4) is 0 Å². The minimum atomic E-state index is -1.18. The van der Waals surface area contributed by atoms with E-state index in [0.29, 0.717) is 5.66 Å². The van der Waals surface area contributed by atoms with E-state index in [0.717, 1.165) is 4.91 Å². The van der Waals surface area contributed by atoms with Gasteiger partial charge in [-0.15, -0.1) is 0 Å². The lowest BCUT2D eigenvalue weighted by molar-refractivity contribution is 0.608. The van der Waals surface area contributed by atoms with Crippen molar-refractivity contribution in [2.75, 3.05) is 0 Å². The number of rotatable bonds is 4. The van der Waals surface area contributed by atoms with E-state index in [9.17, 15) is 0 Å². The summed E-state index contributed by atoms with van der Waals surface area (Å²) in [5, 5.41) is 0. The van der Waals surface area contributed by atoms with Crippen LogP contribution >= 0.6 is 18.5 Å². The van der Waals surface area contributed by atoms with Gasteiger partial charge in [0, 0.05) is 5.66 Å². The Balaban J connectivity index is 2.95. The van der Waals surface area contributed by atoms with Gasteiger partial charge in [-0.25, -0.2) is 0 Å². The lowest BCUT2D eigenvalue weighted by atomic mass is 9.96. The molecule has 0 bridgehead atoms. The molecule has 0 amide bonds. The van der Waals surface area contributed by atoms with Crippen molar-refractivity contribution in [3.63, 3.8) is 0 Å². The first kappa shape index (κ1) is 16.9. The summed E-state index contributed by atoms with van der Waals surface area (Å²) in [6.45, 7) is 19.4. The molecule has 1 aliphatic carbocycles. The second kappa shape index (κ2) is 6.12. The minimum Gasteiger partial charge on any atom is -0.0992 e. The third-order valence-electron chi connectivity index (χ3n) is 3.88. The second-order valence-corrected chi connectivity index (χ2v) is 23.1. The van der Waals surface area contributed by atoms with E-state index in [1.165, 1.54) is 31.3 Å². The maximum atomic E-state index is 7.06. The Morgan fingerprint density at radius 2 is 1.61 bits per heavy atom. The molecular weight excluding hydrogens is 291 g/mol. The summed E-state index contributed by atoms with van der Waals surface area (Å²) in [6.07, 6.45) is 5.22. The zero-order chi connectivity index (χ0) is 14.1. The standard InChI is InChI=1S/C14H30ClPSi2/c1-12-10-8-9-11-13(12)16(15)14(17(2,3)4)18(5,6)7/h13-14H,1,8-11H2,2-7H3. The first-order valence-electron chi connectivity index (χ1n) is 7.17. The third-order valence-corrected chi connectivity index (χ3v) is 22.7. The largest absolute Gasteiger partial charge is 0.0992 e. The van der Waals surface area contributed by atoms with Crippen LogP contribution in [0, 0.1) is 0 Å². The first-order valence-corrected chi connectivity index (χ1v) is 16.7. The van der Waals surface area contributed by atoms with Crippen LogP contribution in [0.15, 0.2) is 12.2 Å². The maximum absolute atomic E-state index is 7.06. The maximum Gasteiger partial charge on any atom is 0.0506 e. The van der Waals surface area contributed by atoms with E-state index in [2.05, 4.69) is 45.9 Å². The molecule has 0 N–H and O–H groups in total. The molecule has 18 heavy (non-hydrogen) atoms. The summed E-state index contributed by atoms with van der Waals surface area (Å²) in [4.78, 5) is 0.849. The van der Waals surface area contributed by atoms with E-state index < -0.39 is 16.1 Å². The molecule has 2 unspecified atom stereocenters. The average Bonchev–Trinajstić information content (AvgIpc) is 2.13. The van der Waals surface area contributed by atoms with E-state index in [1.807, 2.05) is 0 Å². The highest BCUT2D eigenvalue weighted by Gasteiger charge is 2.45. The predicted molar refractivity (Wildman–Crippen MR) is 94.6 cm³/mol.